The van der Waals surface area contributed by atoms with Crippen LogP contribution in [0.4, 0.5) is 0 Å². The van der Waals surface area contributed by atoms with E-state index in [9.17, 15) is 10.2 Å². The number of benzene rings is 2. The van der Waals surface area contributed by atoms with E-state index in [1.807, 2.05) is 36.4 Å². The molecular formula is C18H14N2O2V. The molecule has 0 aliphatic rings. The van der Waals surface area contributed by atoms with E-state index >= 15 is 0 Å². The number of pyridine rings is 2. The first-order chi connectivity index (χ1) is 10.8. The van der Waals surface area contributed by atoms with E-state index in [1.54, 1.807) is 36.7 Å². The summed E-state index contributed by atoms with van der Waals surface area (Å²) < 4.78 is 0. The number of hydrogen-bond donors (Lipinski definition) is 2. The van der Waals surface area contributed by atoms with Gasteiger partial charge in [0.15, 0.2) is 0 Å². The zero-order valence-corrected chi connectivity index (χ0v) is 13.6. The molecule has 5 heteroatoms. The second-order valence-corrected chi connectivity index (χ2v) is 4.70. The minimum absolute atomic E-state index is 0. The van der Waals surface area contributed by atoms with Crippen LogP contribution in [0.25, 0.3) is 21.8 Å². The Morgan fingerprint density at radius 1 is 0.565 bits per heavy atom. The molecule has 4 aromatic rings. The van der Waals surface area contributed by atoms with Crippen LogP contribution in [0.5, 0.6) is 11.5 Å². The van der Waals surface area contributed by atoms with E-state index in [0.29, 0.717) is 11.0 Å². The third kappa shape index (κ3) is 3.80. The average molecular weight is 341 g/mol. The summed E-state index contributed by atoms with van der Waals surface area (Å²) in [5.41, 5.74) is 1.32. The fraction of sp³-hybridized carbons (Fsp3) is 0. The van der Waals surface area contributed by atoms with Crippen LogP contribution in [-0.2, 0) is 18.6 Å². The summed E-state index contributed by atoms with van der Waals surface area (Å²) in [6, 6.07) is 18.3. The molecule has 4 nitrogen and oxygen atoms in total. The van der Waals surface area contributed by atoms with Gasteiger partial charge in [0, 0.05) is 41.7 Å². The normalized spacial score (nSPS) is 9.74. The summed E-state index contributed by atoms with van der Waals surface area (Å²) >= 11 is 0. The fourth-order valence-corrected chi connectivity index (χ4v) is 2.18. The topological polar surface area (TPSA) is 66.2 Å². The van der Waals surface area contributed by atoms with Crippen molar-refractivity contribution in [3.8, 4) is 11.5 Å². The molecule has 0 saturated carbocycles. The largest absolute Gasteiger partial charge is 0.506 e. The van der Waals surface area contributed by atoms with Crippen LogP contribution in [-0.4, -0.2) is 20.2 Å². The zero-order valence-electron chi connectivity index (χ0n) is 12.2. The molecule has 2 aromatic heterocycles. The number of rotatable bonds is 0. The Hall–Kier alpha value is -2.56. The van der Waals surface area contributed by atoms with Gasteiger partial charge in [0.25, 0.3) is 0 Å². The number of nitrogens with zero attached hydrogens (tertiary/aromatic N) is 2. The Morgan fingerprint density at radius 3 is 1.35 bits per heavy atom. The number of fused-ring (bicyclic) bond motifs is 2. The third-order valence-electron chi connectivity index (χ3n) is 3.22. The standard InChI is InChI=1S/2C9H7NO.V/c2*11-8-5-1-3-7-4-2-6-10-9(7)8;/h2*1-6,11H;. The molecule has 0 aliphatic carbocycles. The molecule has 23 heavy (non-hydrogen) atoms. The van der Waals surface area contributed by atoms with Gasteiger partial charge in [0.1, 0.15) is 22.5 Å². The second-order valence-electron chi connectivity index (χ2n) is 4.70. The number of hydrogen-bond acceptors (Lipinski definition) is 4. The van der Waals surface area contributed by atoms with Crippen LogP contribution in [0.15, 0.2) is 73.1 Å². The van der Waals surface area contributed by atoms with Gasteiger partial charge in [-0.2, -0.15) is 0 Å². The van der Waals surface area contributed by atoms with E-state index in [1.165, 1.54) is 0 Å². The summed E-state index contributed by atoms with van der Waals surface area (Å²) in [5, 5.41) is 20.5. The Labute approximate surface area is 145 Å². The van der Waals surface area contributed by atoms with E-state index in [2.05, 4.69) is 9.97 Å². The van der Waals surface area contributed by atoms with Gasteiger partial charge in [-0.15, -0.1) is 0 Å². The van der Waals surface area contributed by atoms with Crippen LogP contribution < -0.4 is 0 Å². The molecule has 0 saturated heterocycles. The third-order valence-corrected chi connectivity index (χ3v) is 3.22. The number of aromatic hydroxyl groups is 2. The van der Waals surface area contributed by atoms with Crippen LogP contribution in [0, 0.1) is 0 Å². The van der Waals surface area contributed by atoms with E-state index in [-0.39, 0.29) is 30.1 Å². The molecule has 113 valence electrons. The second kappa shape index (κ2) is 7.63. The number of para-hydroxylation sites is 2. The fourth-order valence-electron chi connectivity index (χ4n) is 2.18. The smallest absolute Gasteiger partial charge is 0.141 e. The Morgan fingerprint density at radius 2 is 0.957 bits per heavy atom. The first-order valence-corrected chi connectivity index (χ1v) is 6.81. The van der Waals surface area contributed by atoms with Crippen molar-refractivity contribution in [1.82, 2.24) is 9.97 Å². The Kier molecular flexibility index (Phi) is 5.58. The van der Waals surface area contributed by atoms with Gasteiger partial charge < -0.3 is 10.2 Å². The molecule has 0 amide bonds. The van der Waals surface area contributed by atoms with Crippen LogP contribution in [0.1, 0.15) is 0 Å². The zero-order chi connectivity index (χ0) is 15.4. The summed E-state index contributed by atoms with van der Waals surface area (Å²) in [4.78, 5) is 8.06. The Bertz CT molecular complexity index is 841. The molecule has 0 aliphatic heterocycles. The van der Waals surface area contributed by atoms with Gasteiger partial charge in [-0.05, 0) is 24.3 Å². The molecule has 2 N–H and O–H groups in total. The first-order valence-electron chi connectivity index (χ1n) is 6.81. The van der Waals surface area contributed by atoms with Gasteiger partial charge in [-0.25, -0.2) is 0 Å². The minimum Gasteiger partial charge on any atom is -0.506 e. The van der Waals surface area contributed by atoms with E-state index in [4.69, 9.17) is 0 Å². The van der Waals surface area contributed by atoms with Crippen molar-refractivity contribution in [3.05, 3.63) is 73.1 Å². The predicted octanol–water partition coefficient (Wildman–Crippen LogP) is 3.88. The number of phenolic OH excluding ortho intramolecular Hbond substituents is 2. The van der Waals surface area contributed by atoms with E-state index < -0.39 is 0 Å². The Balaban J connectivity index is 0.000000160. The summed E-state index contributed by atoms with van der Waals surface area (Å²) in [6.07, 6.45) is 3.34. The summed E-state index contributed by atoms with van der Waals surface area (Å²) in [5.74, 6) is 0.478. The molecule has 2 aromatic carbocycles. The number of aromatic nitrogens is 2. The van der Waals surface area contributed by atoms with Crippen LogP contribution in [0.3, 0.4) is 0 Å². The SMILES string of the molecule is Oc1cccc2cccnc12.Oc1cccc2cccnc12.[V]. The molecular weight excluding hydrogens is 327 g/mol. The molecule has 0 fully saturated rings. The van der Waals surface area contributed by atoms with Gasteiger partial charge >= 0.3 is 0 Å². The van der Waals surface area contributed by atoms with Gasteiger partial charge in [-0.1, -0.05) is 36.4 Å². The van der Waals surface area contributed by atoms with Crippen molar-refractivity contribution in [2.45, 2.75) is 0 Å². The number of phenols is 2. The molecule has 2 heterocycles. The van der Waals surface area contributed by atoms with Crippen LogP contribution >= 0.6 is 0 Å². The van der Waals surface area contributed by atoms with Crippen molar-refractivity contribution in [2.75, 3.05) is 0 Å². The van der Waals surface area contributed by atoms with E-state index in [0.717, 1.165) is 10.8 Å². The predicted molar refractivity (Wildman–Crippen MR) is 86.8 cm³/mol. The van der Waals surface area contributed by atoms with Crippen molar-refractivity contribution in [2.24, 2.45) is 0 Å². The van der Waals surface area contributed by atoms with Crippen molar-refractivity contribution < 1.29 is 28.8 Å². The van der Waals surface area contributed by atoms with Crippen molar-refractivity contribution in [1.29, 1.82) is 0 Å². The quantitative estimate of drug-likeness (QED) is 0.509. The molecule has 1 radical (unpaired) electrons. The monoisotopic (exact) mass is 341 g/mol. The maximum Gasteiger partial charge on any atom is 0.141 e. The maximum absolute atomic E-state index is 9.31. The van der Waals surface area contributed by atoms with Crippen molar-refractivity contribution >= 4 is 21.8 Å². The van der Waals surface area contributed by atoms with Crippen LogP contribution in [0.2, 0.25) is 0 Å². The first kappa shape index (κ1) is 16.8. The molecule has 4 rings (SSSR count). The molecule has 0 unspecified atom stereocenters. The summed E-state index contributed by atoms with van der Waals surface area (Å²) in [7, 11) is 0. The minimum atomic E-state index is 0. The van der Waals surface area contributed by atoms with Gasteiger partial charge in [0.05, 0.1) is 0 Å². The van der Waals surface area contributed by atoms with Crippen molar-refractivity contribution in [3.63, 3.8) is 0 Å². The summed E-state index contributed by atoms with van der Waals surface area (Å²) in [6.45, 7) is 0. The molecule has 0 bridgehead atoms. The van der Waals surface area contributed by atoms with Gasteiger partial charge in [0.2, 0.25) is 0 Å². The molecule has 0 atom stereocenters. The maximum atomic E-state index is 9.31. The average Bonchev–Trinajstić information content (AvgIpc) is 2.57. The molecule has 0 spiro atoms. The van der Waals surface area contributed by atoms with Gasteiger partial charge in [-0.3, -0.25) is 9.97 Å².